The molecule has 0 N–H and O–H groups in total. The lowest BCUT2D eigenvalue weighted by Gasteiger charge is -2.43. The van der Waals surface area contributed by atoms with Gasteiger partial charge in [0.15, 0.2) is 0 Å². The molecular formula is C53H56N4O. The second kappa shape index (κ2) is 12.9. The van der Waals surface area contributed by atoms with Gasteiger partial charge < -0.3 is 9.64 Å². The summed E-state index contributed by atoms with van der Waals surface area (Å²) in [6.45, 7) is 27.2. The third-order valence-corrected chi connectivity index (χ3v) is 13.6. The molecule has 0 saturated carbocycles. The fourth-order valence-corrected chi connectivity index (χ4v) is 10.2. The maximum absolute atomic E-state index is 6.99. The average molecular weight is 765 g/mol. The summed E-state index contributed by atoms with van der Waals surface area (Å²) in [7, 11) is 0. The van der Waals surface area contributed by atoms with Crippen molar-refractivity contribution in [3.05, 3.63) is 171 Å². The summed E-state index contributed by atoms with van der Waals surface area (Å²) in [5.74, 6) is 3.48. The molecule has 5 aromatic carbocycles. The van der Waals surface area contributed by atoms with Gasteiger partial charge in [0.2, 0.25) is 0 Å². The number of fused-ring (bicyclic) bond motifs is 5. The summed E-state index contributed by atoms with van der Waals surface area (Å²) >= 11 is 0. The molecule has 0 spiro atoms. The SMILES string of the molecule is Cc1cc(C)c(N2C(c3ccc(C)c(Oc4ccc5c(c4)N(c4cc(C(C)(C)C)ccn4)c4ccccc4C5(C)C)c3)=N[C@]3(C)Cc4c(C)cccc4[C@]23C)c(C)c1. The summed E-state index contributed by atoms with van der Waals surface area (Å²) in [5.41, 5.74) is 16.2. The standard InChI is InChI=1S/C53H56N4O/c1-32-26-35(4)48(36(5)27-32)57-49(55-52(11)31-40-33(2)16-15-18-41(40)53(52,57)12)37-21-20-34(3)46(28-37)58-39-22-23-43-45(30-39)56(44-19-14-13-17-42(44)51(43,9)10)47-29-38(24-25-54-47)50(6,7)8/h13-30H,31H2,1-12H3/t52-,53+/m1/s1. The van der Waals surface area contributed by atoms with E-state index in [0.717, 1.165) is 52.1 Å². The monoisotopic (exact) mass is 764 g/mol. The van der Waals surface area contributed by atoms with Crippen LogP contribution in [-0.2, 0) is 22.8 Å². The number of pyridine rings is 1. The number of aromatic nitrogens is 1. The van der Waals surface area contributed by atoms with E-state index in [4.69, 9.17) is 14.7 Å². The van der Waals surface area contributed by atoms with E-state index in [1.165, 1.54) is 55.8 Å². The highest BCUT2D eigenvalue weighted by atomic mass is 16.5. The average Bonchev–Trinajstić information content (AvgIpc) is 3.53. The van der Waals surface area contributed by atoms with E-state index in [1.54, 1.807) is 0 Å². The zero-order chi connectivity index (χ0) is 41.1. The van der Waals surface area contributed by atoms with Crippen LogP contribution in [0.3, 0.4) is 0 Å². The van der Waals surface area contributed by atoms with E-state index in [1.807, 2.05) is 6.20 Å². The van der Waals surface area contributed by atoms with Crippen molar-refractivity contribution in [2.24, 2.45) is 4.99 Å². The quantitative estimate of drug-likeness (QED) is 0.175. The Kier molecular flexibility index (Phi) is 8.43. The normalized spacial score (nSPS) is 20.3. The molecule has 0 unspecified atom stereocenters. The molecule has 0 fully saturated rings. The lowest BCUT2D eigenvalue weighted by atomic mass is 9.73. The second-order valence-corrected chi connectivity index (χ2v) is 19.0. The van der Waals surface area contributed by atoms with Gasteiger partial charge in [-0.15, -0.1) is 0 Å². The Bertz CT molecular complexity index is 2680. The van der Waals surface area contributed by atoms with Crippen LogP contribution in [0.1, 0.15) is 110 Å². The molecule has 1 aliphatic carbocycles. The smallest absolute Gasteiger partial charge is 0.137 e. The molecule has 6 aromatic rings. The number of para-hydroxylation sites is 1. The Labute approximate surface area is 345 Å². The molecule has 0 bridgehead atoms. The van der Waals surface area contributed by atoms with Gasteiger partial charge in [-0.05, 0) is 134 Å². The molecule has 3 aliphatic rings. The van der Waals surface area contributed by atoms with Crippen molar-refractivity contribution in [2.45, 2.75) is 111 Å². The van der Waals surface area contributed by atoms with E-state index in [2.05, 4.69) is 196 Å². The molecule has 0 amide bonds. The van der Waals surface area contributed by atoms with Gasteiger partial charge in [0.1, 0.15) is 23.2 Å². The molecule has 294 valence electrons. The molecule has 9 rings (SSSR count). The van der Waals surface area contributed by atoms with Crippen LogP contribution in [-0.4, -0.2) is 16.4 Å². The number of rotatable bonds is 5. The van der Waals surface area contributed by atoms with Gasteiger partial charge in [0.05, 0.1) is 22.5 Å². The Morgan fingerprint density at radius 3 is 2.10 bits per heavy atom. The Morgan fingerprint density at radius 1 is 0.655 bits per heavy atom. The van der Waals surface area contributed by atoms with E-state index < -0.39 is 0 Å². The van der Waals surface area contributed by atoms with Gasteiger partial charge in [-0.3, -0.25) is 9.89 Å². The number of anilines is 4. The first-order valence-electron chi connectivity index (χ1n) is 20.8. The predicted octanol–water partition coefficient (Wildman–Crippen LogP) is 13.3. The lowest BCUT2D eigenvalue weighted by Crippen LogP contribution is -2.52. The largest absolute Gasteiger partial charge is 0.457 e. The van der Waals surface area contributed by atoms with E-state index >= 15 is 0 Å². The minimum Gasteiger partial charge on any atom is -0.457 e. The zero-order valence-electron chi connectivity index (χ0n) is 36.3. The Hall–Kier alpha value is -5.68. The molecule has 0 radical (unpaired) electrons. The van der Waals surface area contributed by atoms with Crippen molar-refractivity contribution in [1.29, 1.82) is 0 Å². The molecular weight excluding hydrogens is 709 g/mol. The van der Waals surface area contributed by atoms with Crippen molar-refractivity contribution >= 4 is 28.7 Å². The van der Waals surface area contributed by atoms with Gasteiger partial charge >= 0.3 is 0 Å². The molecule has 0 saturated heterocycles. The van der Waals surface area contributed by atoms with Crippen LogP contribution >= 0.6 is 0 Å². The van der Waals surface area contributed by atoms with Gasteiger partial charge in [-0.2, -0.15) is 0 Å². The van der Waals surface area contributed by atoms with Crippen LogP contribution < -0.4 is 14.5 Å². The van der Waals surface area contributed by atoms with Crippen molar-refractivity contribution in [2.75, 3.05) is 9.80 Å². The van der Waals surface area contributed by atoms with Crippen LogP contribution in [0.2, 0.25) is 0 Å². The summed E-state index contributed by atoms with van der Waals surface area (Å²) in [6.07, 6.45) is 2.83. The molecule has 5 heteroatoms. The summed E-state index contributed by atoms with van der Waals surface area (Å²) < 4.78 is 6.99. The minimum absolute atomic E-state index is 0.0194. The fourth-order valence-electron chi connectivity index (χ4n) is 10.2. The van der Waals surface area contributed by atoms with Crippen molar-refractivity contribution < 1.29 is 4.74 Å². The second-order valence-electron chi connectivity index (χ2n) is 19.0. The number of ether oxygens (including phenoxy) is 1. The van der Waals surface area contributed by atoms with Crippen molar-refractivity contribution in [1.82, 2.24) is 4.98 Å². The van der Waals surface area contributed by atoms with Crippen molar-refractivity contribution in [3.8, 4) is 11.5 Å². The van der Waals surface area contributed by atoms with Gasteiger partial charge in [0.25, 0.3) is 0 Å². The van der Waals surface area contributed by atoms with Gasteiger partial charge in [0, 0.05) is 35.3 Å². The maximum Gasteiger partial charge on any atom is 0.137 e. The number of nitrogens with zero attached hydrogens (tertiary/aromatic N) is 4. The Morgan fingerprint density at radius 2 is 1.36 bits per heavy atom. The van der Waals surface area contributed by atoms with E-state index in [-0.39, 0.29) is 21.9 Å². The molecule has 1 aromatic heterocycles. The van der Waals surface area contributed by atoms with Crippen LogP contribution in [0.25, 0.3) is 0 Å². The van der Waals surface area contributed by atoms with Gasteiger partial charge in [-0.25, -0.2) is 4.98 Å². The summed E-state index contributed by atoms with van der Waals surface area (Å²) in [6, 6.07) is 37.7. The van der Waals surface area contributed by atoms with E-state index in [0.29, 0.717) is 0 Å². The van der Waals surface area contributed by atoms with Crippen LogP contribution in [0.5, 0.6) is 11.5 Å². The molecule has 3 heterocycles. The zero-order valence-corrected chi connectivity index (χ0v) is 36.3. The molecule has 58 heavy (non-hydrogen) atoms. The highest BCUT2D eigenvalue weighted by Gasteiger charge is 2.61. The first-order chi connectivity index (χ1) is 27.4. The minimum atomic E-state index is -0.385. The first-order valence-corrected chi connectivity index (χ1v) is 20.8. The topological polar surface area (TPSA) is 41.0 Å². The van der Waals surface area contributed by atoms with Crippen LogP contribution in [0.4, 0.5) is 22.9 Å². The summed E-state index contributed by atoms with van der Waals surface area (Å²) in [4.78, 5) is 15.6. The number of aliphatic imine (C=N–C) groups is 1. The van der Waals surface area contributed by atoms with Crippen LogP contribution in [0.15, 0.2) is 114 Å². The number of amidine groups is 1. The predicted molar refractivity (Wildman–Crippen MR) is 241 cm³/mol. The van der Waals surface area contributed by atoms with Crippen molar-refractivity contribution in [3.63, 3.8) is 0 Å². The van der Waals surface area contributed by atoms with Crippen LogP contribution in [0, 0.1) is 34.6 Å². The summed E-state index contributed by atoms with van der Waals surface area (Å²) in [5, 5.41) is 0. The fraction of sp³-hybridized carbons (Fsp3) is 0.321. The molecule has 2 aliphatic heterocycles. The first kappa shape index (κ1) is 37.9. The van der Waals surface area contributed by atoms with Gasteiger partial charge in [-0.1, -0.05) is 107 Å². The number of hydrogen-bond acceptors (Lipinski definition) is 5. The third-order valence-electron chi connectivity index (χ3n) is 13.6. The molecule has 5 nitrogen and oxygen atoms in total. The highest BCUT2D eigenvalue weighted by Crippen LogP contribution is 2.58. The maximum atomic E-state index is 6.99. The number of benzene rings is 5. The third kappa shape index (κ3) is 5.56. The lowest BCUT2D eigenvalue weighted by molar-refractivity contribution is 0.321. The number of aryl methyl sites for hydroxylation is 5. The highest BCUT2D eigenvalue weighted by molar-refractivity contribution is 6.14. The Balaban J connectivity index is 1.16. The van der Waals surface area contributed by atoms with E-state index in [9.17, 15) is 0 Å². The number of hydrogen-bond donors (Lipinski definition) is 0. The molecule has 2 atom stereocenters.